The molecule has 1 unspecified atom stereocenters. The summed E-state index contributed by atoms with van der Waals surface area (Å²) in [5.74, 6) is -3.78. The number of rotatable bonds is 5. The second-order valence-electron chi connectivity index (χ2n) is 3.80. The van der Waals surface area contributed by atoms with Crippen LogP contribution in [-0.4, -0.2) is 28.7 Å². The first-order chi connectivity index (χ1) is 9.66. The van der Waals surface area contributed by atoms with Gasteiger partial charge in [0.25, 0.3) is 5.69 Å². The average molecular weight is 328 g/mol. The highest BCUT2D eigenvalue weighted by Gasteiger charge is 2.43. The van der Waals surface area contributed by atoms with Crippen molar-refractivity contribution in [3.8, 4) is 5.75 Å². The molecular formula is C10H9ClF3N3O4. The molecule has 0 aliphatic carbocycles. The highest BCUT2D eigenvalue weighted by atomic mass is 35.5. The maximum absolute atomic E-state index is 12.7. The monoisotopic (exact) mass is 327 g/mol. The number of halogens is 4. The number of oxime groups is 1. The van der Waals surface area contributed by atoms with E-state index in [4.69, 9.17) is 27.3 Å². The summed E-state index contributed by atoms with van der Waals surface area (Å²) in [5.41, 5.74) is 4.54. The number of alkyl halides is 3. The van der Waals surface area contributed by atoms with Crippen molar-refractivity contribution in [3.05, 3.63) is 33.3 Å². The zero-order chi connectivity index (χ0) is 16.2. The summed E-state index contributed by atoms with van der Waals surface area (Å²) >= 11 is 5.67. The molecule has 21 heavy (non-hydrogen) atoms. The lowest BCUT2D eigenvalue weighted by molar-refractivity contribution is -0.384. The van der Waals surface area contributed by atoms with Crippen LogP contribution < -0.4 is 10.5 Å². The maximum atomic E-state index is 12.7. The van der Waals surface area contributed by atoms with E-state index in [0.717, 1.165) is 18.2 Å². The largest absolute Gasteiger partial charge is 0.491 e. The number of benzene rings is 1. The third kappa shape index (κ3) is 4.38. The fraction of sp³-hybridized carbons (Fsp3) is 0.300. The number of ether oxygens (including phenoxy) is 1. The van der Waals surface area contributed by atoms with Gasteiger partial charge in [-0.25, -0.2) is 0 Å². The van der Waals surface area contributed by atoms with Gasteiger partial charge in [-0.1, -0.05) is 16.8 Å². The van der Waals surface area contributed by atoms with Crippen molar-refractivity contribution >= 4 is 23.1 Å². The Labute approximate surface area is 120 Å². The Balaban J connectivity index is 2.95. The van der Waals surface area contributed by atoms with Crippen LogP contribution in [0.25, 0.3) is 0 Å². The van der Waals surface area contributed by atoms with Crippen LogP contribution in [-0.2, 0) is 0 Å². The molecule has 0 fully saturated rings. The van der Waals surface area contributed by atoms with E-state index in [1.807, 2.05) is 0 Å². The van der Waals surface area contributed by atoms with Crippen molar-refractivity contribution in [1.29, 1.82) is 0 Å². The number of nitrogens with two attached hydrogens (primary N) is 1. The molecule has 1 atom stereocenters. The molecule has 1 rings (SSSR count). The van der Waals surface area contributed by atoms with Gasteiger partial charge in [-0.3, -0.25) is 10.1 Å². The Kier molecular flexibility index (Phi) is 5.19. The Morgan fingerprint density at radius 1 is 1.57 bits per heavy atom. The van der Waals surface area contributed by atoms with Crippen molar-refractivity contribution in [2.45, 2.75) is 6.18 Å². The standard InChI is InChI=1S/C10H9ClF3N3O4/c11-7-2-1-5(17(19)20)3-8(7)21-4-6(9(15)16-18)10(12,13)14/h1-3,6,18H,4H2,(H2,15,16). The van der Waals surface area contributed by atoms with Crippen molar-refractivity contribution < 1.29 is 28.0 Å². The molecule has 0 aliphatic heterocycles. The fourth-order valence-corrected chi connectivity index (χ4v) is 1.48. The number of nitro groups is 1. The second kappa shape index (κ2) is 6.48. The maximum Gasteiger partial charge on any atom is 0.402 e. The molecule has 0 bridgehead atoms. The van der Waals surface area contributed by atoms with Gasteiger partial charge in [-0.05, 0) is 6.07 Å². The van der Waals surface area contributed by atoms with Gasteiger partial charge in [0.05, 0.1) is 16.0 Å². The third-order valence-corrected chi connectivity index (χ3v) is 2.71. The van der Waals surface area contributed by atoms with Crippen LogP contribution in [0.2, 0.25) is 5.02 Å². The molecule has 1 aromatic carbocycles. The van der Waals surface area contributed by atoms with Crippen LogP contribution in [0.4, 0.5) is 18.9 Å². The summed E-state index contributed by atoms with van der Waals surface area (Å²) in [6.07, 6.45) is -4.82. The molecule has 0 heterocycles. The second-order valence-corrected chi connectivity index (χ2v) is 4.21. The van der Waals surface area contributed by atoms with E-state index in [0.29, 0.717) is 0 Å². The lowest BCUT2D eigenvalue weighted by Gasteiger charge is -2.19. The van der Waals surface area contributed by atoms with Gasteiger partial charge in [0.2, 0.25) is 0 Å². The van der Waals surface area contributed by atoms with Gasteiger partial charge in [0.1, 0.15) is 18.3 Å². The Morgan fingerprint density at radius 3 is 2.67 bits per heavy atom. The Morgan fingerprint density at radius 2 is 2.19 bits per heavy atom. The molecule has 0 aromatic heterocycles. The van der Waals surface area contributed by atoms with Crippen molar-refractivity contribution in [3.63, 3.8) is 0 Å². The highest BCUT2D eigenvalue weighted by Crippen LogP contribution is 2.31. The molecule has 0 spiro atoms. The lowest BCUT2D eigenvalue weighted by atomic mass is 10.1. The van der Waals surface area contributed by atoms with Gasteiger partial charge in [-0.2, -0.15) is 13.2 Å². The quantitative estimate of drug-likeness (QED) is 0.284. The molecule has 11 heteroatoms. The normalized spacial score (nSPS) is 13.8. The Hall–Kier alpha value is -2.23. The molecular weight excluding hydrogens is 319 g/mol. The zero-order valence-corrected chi connectivity index (χ0v) is 10.9. The molecule has 0 saturated heterocycles. The van der Waals surface area contributed by atoms with Crippen LogP contribution >= 0.6 is 11.6 Å². The van der Waals surface area contributed by atoms with E-state index in [-0.39, 0.29) is 10.8 Å². The topological polar surface area (TPSA) is 111 Å². The Bertz CT molecular complexity index is 565. The van der Waals surface area contributed by atoms with E-state index in [2.05, 4.69) is 5.16 Å². The molecule has 116 valence electrons. The van der Waals surface area contributed by atoms with Gasteiger partial charge in [-0.15, -0.1) is 0 Å². The highest BCUT2D eigenvalue weighted by molar-refractivity contribution is 6.32. The molecule has 0 amide bonds. The SMILES string of the molecule is N/C(=N/O)C(COc1cc([N+](=O)[O-])ccc1Cl)C(F)(F)F. The first kappa shape index (κ1) is 16.8. The van der Waals surface area contributed by atoms with E-state index >= 15 is 0 Å². The van der Waals surface area contributed by atoms with Gasteiger partial charge >= 0.3 is 6.18 Å². The van der Waals surface area contributed by atoms with Crippen molar-refractivity contribution in [2.24, 2.45) is 16.8 Å². The predicted octanol–water partition coefficient (Wildman–Crippen LogP) is 2.55. The summed E-state index contributed by atoms with van der Waals surface area (Å²) in [4.78, 5) is 9.82. The van der Waals surface area contributed by atoms with Gasteiger partial charge < -0.3 is 15.7 Å². The van der Waals surface area contributed by atoms with Crippen LogP contribution in [0.3, 0.4) is 0 Å². The first-order valence-electron chi connectivity index (χ1n) is 5.27. The minimum absolute atomic E-state index is 0.110. The minimum atomic E-state index is -4.82. The lowest BCUT2D eigenvalue weighted by Crippen LogP contribution is -2.40. The van der Waals surface area contributed by atoms with E-state index in [9.17, 15) is 23.3 Å². The first-order valence-corrected chi connectivity index (χ1v) is 5.65. The summed E-state index contributed by atoms with van der Waals surface area (Å²) in [6.45, 7) is -1.04. The van der Waals surface area contributed by atoms with Gasteiger partial charge in [0, 0.05) is 6.07 Å². The van der Waals surface area contributed by atoms with E-state index in [1.165, 1.54) is 0 Å². The van der Waals surface area contributed by atoms with Gasteiger partial charge in [0.15, 0.2) is 5.84 Å². The van der Waals surface area contributed by atoms with Crippen LogP contribution in [0, 0.1) is 16.0 Å². The minimum Gasteiger partial charge on any atom is -0.491 e. The molecule has 7 nitrogen and oxygen atoms in total. The van der Waals surface area contributed by atoms with Crippen LogP contribution in [0.5, 0.6) is 5.75 Å². The third-order valence-electron chi connectivity index (χ3n) is 2.40. The molecule has 0 radical (unpaired) electrons. The summed E-state index contributed by atoms with van der Waals surface area (Å²) in [5, 5.41) is 21.1. The number of amidine groups is 1. The predicted molar refractivity (Wildman–Crippen MR) is 66.6 cm³/mol. The van der Waals surface area contributed by atoms with Crippen LogP contribution in [0.15, 0.2) is 23.4 Å². The molecule has 3 N–H and O–H groups in total. The molecule has 0 aliphatic rings. The zero-order valence-electron chi connectivity index (χ0n) is 10.2. The smallest absolute Gasteiger partial charge is 0.402 e. The summed E-state index contributed by atoms with van der Waals surface area (Å²) in [7, 11) is 0. The van der Waals surface area contributed by atoms with E-state index in [1.54, 1.807) is 0 Å². The van der Waals surface area contributed by atoms with E-state index < -0.39 is 35.1 Å². The van der Waals surface area contributed by atoms with Crippen molar-refractivity contribution in [2.75, 3.05) is 6.61 Å². The summed E-state index contributed by atoms with van der Waals surface area (Å²) in [6, 6.07) is 3.06. The average Bonchev–Trinajstić information content (AvgIpc) is 2.38. The fourth-order valence-electron chi connectivity index (χ4n) is 1.31. The molecule has 1 aromatic rings. The summed E-state index contributed by atoms with van der Waals surface area (Å²) < 4.78 is 42.8. The number of non-ortho nitro benzene ring substituents is 1. The van der Waals surface area contributed by atoms with Crippen molar-refractivity contribution in [1.82, 2.24) is 0 Å². The number of hydrogen-bond donors (Lipinski definition) is 2. The molecule has 0 saturated carbocycles. The number of hydrogen-bond acceptors (Lipinski definition) is 5. The number of nitrogens with zero attached hydrogens (tertiary/aromatic N) is 2. The van der Waals surface area contributed by atoms with Crippen LogP contribution in [0.1, 0.15) is 0 Å². The number of nitro benzene ring substituents is 1.